The van der Waals surface area contributed by atoms with E-state index >= 15 is 0 Å². The monoisotopic (exact) mass is 412 g/mol. The minimum absolute atomic E-state index is 0.120. The van der Waals surface area contributed by atoms with Gasteiger partial charge in [-0.25, -0.2) is 0 Å². The summed E-state index contributed by atoms with van der Waals surface area (Å²) in [6.45, 7) is 3.52. The van der Waals surface area contributed by atoms with Crippen molar-refractivity contribution in [2.45, 2.75) is 51.1 Å². The average molecular weight is 412 g/mol. The van der Waals surface area contributed by atoms with Crippen molar-refractivity contribution in [3.8, 4) is 0 Å². The van der Waals surface area contributed by atoms with Crippen molar-refractivity contribution >= 4 is 23.6 Å². The minimum atomic E-state index is -0.931. The zero-order valence-electron chi connectivity index (χ0n) is 17.0. The Bertz CT molecular complexity index is 861. The van der Waals surface area contributed by atoms with Crippen LogP contribution in [0.15, 0.2) is 18.2 Å². The van der Waals surface area contributed by atoms with Crippen LogP contribution in [0, 0.1) is 5.92 Å². The number of carbonyl (C=O) groups is 4. The van der Waals surface area contributed by atoms with Crippen LogP contribution in [0.25, 0.3) is 0 Å². The van der Waals surface area contributed by atoms with Gasteiger partial charge in [0.2, 0.25) is 11.8 Å². The lowest BCUT2D eigenvalue weighted by atomic mass is 9.97. The molecule has 1 aromatic carbocycles. The first-order chi connectivity index (χ1) is 14.6. The molecule has 8 nitrogen and oxygen atoms in total. The molecule has 0 bridgehead atoms. The molecule has 3 aliphatic rings. The zero-order chi connectivity index (χ0) is 21.1. The Labute approximate surface area is 175 Å². The van der Waals surface area contributed by atoms with Gasteiger partial charge in [0.25, 0.3) is 11.8 Å². The fraction of sp³-hybridized carbons (Fsp3) is 0.545. The summed E-state index contributed by atoms with van der Waals surface area (Å²) in [7, 11) is 0. The van der Waals surface area contributed by atoms with Gasteiger partial charge >= 0.3 is 0 Å². The van der Waals surface area contributed by atoms with E-state index in [-0.39, 0.29) is 18.7 Å². The Morgan fingerprint density at radius 2 is 1.90 bits per heavy atom. The molecule has 0 aliphatic carbocycles. The molecule has 0 saturated carbocycles. The number of fused-ring (bicyclic) bond motifs is 1. The van der Waals surface area contributed by atoms with E-state index in [1.807, 2.05) is 6.07 Å². The Balaban J connectivity index is 1.41. The van der Waals surface area contributed by atoms with Gasteiger partial charge < -0.3 is 10.6 Å². The van der Waals surface area contributed by atoms with Crippen molar-refractivity contribution in [2.75, 3.05) is 19.6 Å². The molecule has 1 aromatic rings. The van der Waals surface area contributed by atoms with Crippen LogP contribution >= 0.6 is 0 Å². The SMILES string of the molecule is O=C1CCC(N2C(=O)c3cccc(CNCCC4CCCNCC4)c3C2=O)C(=O)N1. The second-order valence-electron chi connectivity index (χ2n) is 8.30. The number of piperidine rings is 1. The lowest BCUT2D eigenvalue weighted by Crippen LogP contribution is -2.54. The van der Waals surface area contributed by atoms with Crippen LogP contribution in [-0.4, -0.2) is 54.2 Å². The van der Waals surface area contributed by atoms with E-state index in [9.17, 15) is 19.2 Å². The topological polar surface area (TPSA) is 108 Å². The highest BCUT2D eigenvalue weighted by Gasteiger charge is 2.45. The van der Waals surface area contributed by atoms with E-state index in [0.717, 1.165) is 36.5 Å². The number of hydrogen-bond donors (Lipinski definition) is 3. The minimum Gasteiger partial charge on any atom is -0.317 e. The van der Waals surface area contributed by atoms with Gasteiger partial charge in [0.1, 0.15) is 6.04 Å². The fourth-order valence-corrected chi connectivity index (χ4v) is 4.64. The Hall–Kier alpha value is -2.58. The molecule has 2 atom stereocenters. The first kappa shape index (κ1) is 20.7. The van der Waals surface area contributed by atoms with Gasteiger partial charge in [-0.1, -0.05) is 12.1 Å². The summed E-state index contributed by atoms with van der Waals surface area (Å²) >= 11 is 0. The predicted octanol–water partition coefficient (Wildman–Crippen LogP) is 0.957. The number of rotatable bonds is 6. The van der Waals surface area contributed by atoms with Crippen molar-refractivity contribution in [1.29, 1.82) is 0 Å². The summed E-state index contributed by atoms with van der Waals surface area (Å²) in [5.74, 6) is -1.16. The van der Waals surface area contributed by atoms with Crippen LogP contribution in [-0.2, 0) is 16.1 Å². The quantitative estimate of drug-likeness (QED) is 0.475. The van der Waals surface area contributed by atoms with Crippen molar-refractivity contribution in [1.82, 2.24) is 20.9 Å². The average Bonchev–Trinajstić information content (AvgIpc) is 2.90. The molecule has 3 heterocycles. The Morgan fingerprint density at radius 1 is 1.03 bits per heavy atom. The van der Waals surface area contributed by atoms with Gasteiger partial charge in [0.15, 0.2) is 0 Å². The molecule has 4 rings (SSSR count). The number of carbonyl (C=O) groups excluding carboxylic acids is 4. The number of imide groups is 2. The number of nitrogens with one attached hydrogen (secondary N) is 3. The molecular formula is C22H28N4O4. The fourth-order valence-electron chi connectivity index (χ4n) is 4.64. The van der Waals surface area contributed by atoms with E-state index in [2.05, 4.69) is 16.0 Å². The summed E-state index contributed by atoms with van der Waals surface area (Å²) in [5.41, 5.74) is 1.47. The standard InChI is InChI=1S/C22H28N4O4/c27-18-7-6-17(20(28)25-18)26-21(29)16-5-1-4-15(19(16)22(26)30)13-24-12-9-14-3-2-10-23-11-8-14/h1,4-5,14,17,23-24H,2-3,6-13H2,(H,25,27,28). The summed E-state index contributed by atoms with van der Waals surface area (Å²) in [6.07, 6.45) is 5.02. The summed E-state index contributed by atoms with van der Waals surface area (Å²) in [5, 5.41) is 9.07. The molecule has 0 radical (unpaired) electrons. The van der Waals surface area contributed by atoms with E-state index in [4.69, 9.17) is 0 Å². The van der Waals surface area contributed by atoms with Crippen LogP contribution in [0.3, 0.4) is 0 Å². The zero-order valence-corrected chi connectivity index (χ0v) is 17.0. The van der Waals surface area contributed by atoms with Gasteiger partial charge in [-0.2, -0.15) is 0 Å². The van der Waals surface area contributed by atoms with Gasteiger partial charge in [-0.3, -0.25) is 29.4 Å². The molecule has 4 amide bonds. The van der Waals surface area contributed by atoms with Crippen LogP contribution < -0.4 is 16.0 Å². The summed E-state index contributed by atoms with van der Waals surface area (Å²) < 4.78 is 0. The first-order valence-corrected chi connectivity index (χ1v) is 10.8. The van der Waals surface area contributed by atoms with Crippen molar-refractivity contribution in [2.24, 2.45) is 5.92 Å². The molecule has 0 spiro atoms. The van der Waals surface area contributed by atoms with Gasteiger partial charge in [-0.05, 0) is 69.3 Å². The van der Waals surface area contributed by atoms with E-state index in [0.29, 0.717) is 23.6 Å². The van der Waals surface area contributed by atoms with Crippen LogP contribution in [0.1, 0.15) is 64.8 Å². The largest absolute Gasteiger partial charge is 0.317 e. The third kappa shape index (κ3) is 4.15. The third-order valence-electron chi connectivity index (χ3n) is 6.29. The maximum atomic E-state index is 13.1. The smallest absolute Gasteiger partial charge is 0.262 e. The third-order valence-corrected chi connectivity index (χ3v) is 6.29. The van der Waals surface area contributed by atoms with E-state index in [1.54, 1.807) is 12.1 Å². The molecule has 0 aromatic heterocycles. The van der Waals surface area contributed by atoms with Crippen LogP contribution in [0.2, 0.25) is 0 Å². The van der Waals surface area contributed by atoms with Crippen molar-refractivity contribution in [3.05, 3.63) is 34.9 Å². The number of amides is 4. The maximum Gasteiger partial charge on any atom is 0.262 e. The molecule has 2 saturated heterocycles. The summed E-state index contributed by atoms with van der Waals surface area (Å²) in [6, 6.07) is 4.32. The second kappa shape index (κ2) is 9.06. The normalized spacial score (nSPS) is 24.6. The molecular weight excluding hydrogens is 384 g/mol. The predicted molar refractivity (Wildman–Crippen MR) is 110 cm³/mol. The van der Waals surface area contributed by atoms with Crippen LogP contribution in [0.5, 0.6) is 0 Å². The van der Waals surface area contributed by atoms with Crippen molar-refractivity contribution in [3.63, 3.8) is 0 Å². The molecule has 30 heavy (non-hydrogen) atoms. The maximum absolute atomic E-state index is 13.1. The molecule has 8 heteroatoms. The number of nitrogens with zero attached hydrogens (tertiary/aromatic N) is 1. The van der Waals surface area contributed by atoms with Gasteiger partial charge in [0, 0.05) is 13.0 Å². The summed E-state index contributed by atoms with van der Waals surface area (Å²) in [4.78, 5) is 50.6. The lowest BCUT2D eigenvalue weighted by molar-refractivity contribution is -0.136. The van der Waals surface area contributed by atoms with Crippen LogP contribution in [0.4, 0.5) is 0 Å². The van der Waals surface area contributed by atoms with E-state index in [1.165, 1.54) is 19.3 Å². The second-order valence-corrected chi connectivity index (χ2v) is 8.30. The Kier molecular flexibility index (Phi) is 6.24. The Morgan fingerprint density at radius 3 is 2.73 bits per heavy atom. The van der Waals surface area contributed by atoms with Gasteiger partial charge in [-0.15, -0.1) is 0 Å². The highest BCUT2D eigenvalue weighted by Crippen LogP contribution is 2.30. The molecule has 2 fully saturated rings. The molecule has 2 unspecified atom stereocenters. The van der Waals surface area contributed by atoms with Gasteiger partial charge in [0.05, 0.1) is 11.1 Å². The highest BCUT2D eigenvalue weighted by molar-refractivity contribution is 6.24. The van der Waals surface area contributed by atoms with E-state index < -0.39 is 23.8 Å². The first-order valence-electron chi connectivity index (χ1n) is 10.8. The molecule has 160 valence electrons. The molecule has 3 N–H and O–H groups in total. The number of benzene rings is 1. The number of hydrogen-bond acceptors (Lipinski definition) is 6. The van der Waals surface area contributed by atoms with Crippen molar-refractivity contribution < 1.29 is 19.2 Å². The highest BCUT2D eigenvalue weighted by atomic mass is 16.2. The lowest BCUT2D eigenvalue weighted by Gasteiger charge is -2.27. The molecule has 3 aliphatic heterocycles.